The number of sulfonamides is 1. The zero-order valence-electron chi connectivity index (χ0n) is 18.1. The molecule has 3 aromatic carbocycles. The van der Waals surface area contributed by atoms with E-state index >= 15 is 0 Å². The first-order valence-electron chi connectivity index (χ1n) is 10.3. The number of nitrogens with one attached hydrogen (secondary N) is 1. The Morgan fingerprint density at radius 2 is 1.58 bits per heavy atom. The molecule has 0 atom stereocenters. The number of nitrogens with zero attached hydrogens (tertiary/aromatic N) is 1. The number of hydrogen-bond acceptors (Lipinski definition) is 6. The van der Waals surface area contributed by atoms with Gasteiger partial charge < -0.3 is 14.8 Å². The van der Waals surface area contributed by atoms with Crippen LogP contribution in [-0.2, 0) is 10.0 Å². The minimum absolute atomic E-state index is 0.0282. The molecular weight excluding hydrogens is 440 g/mol. The van der Waals surface area contributed by atoms with E-state index in [-0.39, 0.29) is 22.1 Å². The molecule has 0 aliphatic heterocycles. The van der Waals surface area contributed by atoms with Gasteiger partial charge in [0.15, 0.2) is 0 Å². The van der Waals surface area contributed by atoms with E-state index < -0.39 is 10.0 Å². The normalized spacial score (nSPS) is 14.4. The number of hydrogen-bond donors (Lipinski definition) is 1. The highest BCUT2D eigenvalue weighted by molar-refractivity contribution is 7.90. The second-order valence-electron chi connectivity index (χ2n) is 7.11. The summed E-state index contributed by atoms with van der Waals surface area (Å²) in [4.78, 5) is 13.1. The second kappa shape index (κ2) is 9.30. The van der Waals surface area contributed by atoms with E-state index in [1.807, 2.05) is 13.0 Å². The zero-order chi connectivity index (χ0) is 23.4. The van der Waals surface area contributed by atoms with Crippen molar-refractivity contribution in [3.05, 3.63) is 95.7 Å². The van der Waals surface area contributed by atoms with Crippen LogP contribution in [0.3, 0.4) is 0 Å². The first kappa shape index (κ1) is 22.3. The Morgan fingerprint density at radius 3 is 2.27 bits per heavy atom. The molecule has 33 heavy (non-hydrogen) atoms. The van der Waals surface area contributed by atoms with E-state index in [4.69, 9.17) is 9.47 Å². The summed E-state index contributed by atoms with van der Waals surface area (Å²) in [6.07, 6.45) is 1.45. The molecular formula is C25H22N2O5S. The number of methoxy groups -OCH3 is 1. The Bertz CT molecular complexity index is 1360. The largest absolute Gasteiger partial charge is 0.495 e. The first-order chi connectivity index (χ1) is 15.9. The van der Waals surface area contributed by atoms with Crippen molar-refractivity contribution < 1.29 is 22.7 Å². The van der Waals surface area contributed by atoms with Gasteiger partial charge in [-0.1, -0.05) is 36.4 Å². The van der Waals surface area contributed by atoms with E-state index in [1.165, 1.54) is 25.3 Å². The second-order valence-corrected chi connectivity index (χ2v) is 8.72. The van der Waals surface area contributed by atoms with Crippen molar-refractivity contribution in [3.8, 4) is 11.5 Å². The fourth-order valence-electron chi connectivity index (χ4n) is 3.45. The Balaban J connectivity index is 1.77. The lowest BCUT2D eigenvalue weighted by Crippen LogP contribution is -2.22. The van der Waals surface area contributed by atoms with E-state index in [1.54, 1.807) is 54.6 Å². The average molecular weight is 463 g/mol. The average Bonchev–Trinajstić information content (AvgIpc) is 2.83. The summed E-state index contributed by atoms with van der Waals surface area (Å²) in [5, 5.41) is 3.06. The zero-order valence-corrected chi connectivity index (χ0v) is 18.9. The Hall–Kier alpha value is -3.91. The lowest BCUT2D eigenvalue weighted by atomic mass is 9.92. The van der Waals surface area contributed by atoms with E-state index in [0.717, 1.165) is 0 Å². The molecule has 0 bridgehead atoms. The van der Waals surface area contributed by atoms with Crippen LogP contribution in [0.15, 0.2) is 93.9 Å². The van der Waals surface area contributed by atoms with Crippen molar-refractivity contribution in [2.45, 2.75) is 11.8 Å². The van der Waals surface area contributed by atoms with Gasteiger partial charge in [0.25, 0.3) is 10.0 Å². The van der Waals surface area contributed by atoms with Crippen LogP contribution in [0, 0.1) is 0 Å². The number of carbonyl (C=O) groups excluding carboxylic acids is 1. The number of para-hydroxylation sites is 2. The number of ketones is 1. The monoisotopic (exact) mass is 462 g/mol. The summed E-state index contributed by atoms with van der Waals surface area (Å²) < 4.78 is 40.9. The molecule has 0 fully saturated rings. The van der Waals surface area contributed by atoms with Crippen LogP contribution in [-0.4, -0.2) is 33.6 Å². The Morgan fingerprint density at radius 1 is 0.909 bits per heavy atom. The number of fused-ring (bicyclic) bond motifs is 1. The predicted molar refractivity (Wildman–Crippen MR) is 127 cm³/mol. The van der Waals surface area contributed by atoms with Gasteiger partial charge in [0.1, 0.15) is 11.5 Å². The van der Waals surface area contributed by atoms with Crippen molar-refractivity contribution in [3.63, 3.8) is 0 Å². The highest BCUT2D eigenvalue weighted by Crippen LogP contribution is 2.29. The van der Waals surface area contributed by atoms with Crippen LogP contribution in [0.4, 0.5) is 5.69 Å². The van der Waals surface area contributed by atoms with Gasteiger partial charge in [0.05, 0.1) is 35.7 Å². The quantitative estimate of drug-likeness (QED) is 0.557. The van der Waals surface area contributed by atoms with Crippen molar-refractivity contribution in [2.75, 3.05) is 19.0 Å². The van der Waals surface area contributed by atoms with Crippen LogP contribution in [0.5, 0.6) is 11.5 Å². The van der Waals surface area contributed by atoms with Crippen molar-refractivity contribution in [1.29, 1.82) is 0 Å². The molecule has 0 saturated carbocycles. The van der Waals surface area contributed by atoms with Gasteiger partial charge in [-0.2, -0.15) is 12.8 Å². The molecule has 0 heterocycles. The summed E-state index contributed by atoms with van der Waals surface area (Å²) in [6, 6.07) is 20.0. The summed E-state index contributed by atoms with van der Waals surface area (Å²) in [6.45, 7) is 2.33. The van der Waals surface area contributed by atoms with E-state index in [0.29, 0.717) is 34.9 Å². The van der Waals surface area contributed by atoms with Crippen molar-refractivity contribution in [2.24, 2.45) is 4.40 Å². The predicted octanol–water partition coefficient (Wildman–Crippen LogP) is 4.46. The molecule has 0 saturated heterocycles. The summed E-state index contributed by atoms with van der Waals surface area (Å²) in [5.41, 5.74) is 1.74. The molecule has 1 aliphatic carbocycles. The fourth-order valence-corrected chi connectivity index (χ4v) is 4.44. The number of allylic oxidation sites excluding steroid dienone is 2. The molecule has 4 rings (SSSR count). The highest BCUT2D eigenvalue weighted by atomic mass is 32.2. The standard InChI is InChI=1S/C25H22N2O5S/c1-3-32-17-12-14-18(15-13-17)33(29,30)27-22-16-23(25(28)20-9-5-4-8-19(20)22)26-21-10-6-7-11-24(21)31-2/h4-16,26H,3H2,1-2H3/b27-22+. The maximum Gasteiger partial charge on any atom is 0.282 e. The number of carbonyl (C=O) groups is 1. The lowest BCUT2D eigenvalue weighted by molar-refractivity contribution is 0.103. The van der Waals surface area contributed by atoms with Gasteiger partial charge in [-0.05, 0) is 49.4 Å². The smallest absolute Gasteiger partial charge is 0.282 e. The topological polar surface area (TPSA) is 94.1 Å². The van der Waals surface area contributed by atoms with Crippen LogP contribution in [0.25, 0.3) is 0 Å². The SMILES string of the molecule is CCOc1ccc(S(=O)(=O)/N=C2\C=C(Nc3ccccc3OC)C(=O)c3ccccc32)cc1. The molecule has 8 heteroatoms. The molecule has 3 aromatic rings. The third-order valence-electron chi connectivity index (χ3n) is 5.00. The van der Waals surface area contributed by atoms with Gasteiger partial charge in [-0.25, -0.2) is 0 Å². The van der Waals surface area contributed by atoms with Crippen LogP contribution in [0.1, 0.15) is 22.8 Å². The molecule has 1 N–H and O–H groups in total. The van der Waals surface area contributed by atoms with E-state index in [2.05, 4.69) is 9.71 Å². The maximum absolute atomic E-state index is 13.1. The molecule has 0 aromatic heterocycles. The fraction of sp³-hybridized carbons (Fsp3) is 0.120. The molecule has 7 nitrogen and oxygen atoms in total. The molecule has 0 spiro atoms. The number of Topliss-reactive ketones (excluding diaryl/α,β-unsaturated/α-hetero) is 1. The number of anilines is 1. The lowest BCUT2D eigenvalue weighted by Gasteiger charge is -2.19. The Kier molecular flexibility index (Phi) is 6.28. The minimum Gasteiger partial charge on any atom is -0.495 e. The van der Waals surface area contributed by atoms with Gasteiger partial charge in [0, 0.05) is 11.1 Å². The number of rotatable bonds is 7. The minimum atomic E-state index is -4.04. The third kappa shape index (κ3) is 4.65. The summed E-state index contributed by atoms with van der Waals surface area (Å²) >= 11 is 0. The molecule has 168 valence electrons. The molecule has 0 amide bonds. The van der Waals surface area contributed by atoms with Gasteiger partial charge in [0.2, 0.25) is 5.78 Å². The molecule has 0 unspecified atom stereocenters. The summed E-state index contributed by atoms with van der Waals surface area (Å²) in [5.74, 6) is 0.848. The van der Waals surface area contributed by atoms with E-state index in [9.17, 15) is 13.2 Å². The Labute approximate surface area is 192 Å². The molecule has 1 aliphatic rings. The van der Waals surface area contributed by atoms with Crippen molar-refractivity contribution in [1.82, 2.24) is 0 Å². The van der Waals surface area contributed by atoms with Crippen molar-refractivity contribution >= 4 is 27.2 Å². The summed E-state index contributed by atoms with van der Waals surface area (Å²) in [7, 11) is -2.51. The highest BCUT2D eigenvalue weighted by Gasteiger charge is 2.26. The van der Waals surface area contributed by atoms with Crippen LogP contribution < -0.4 is 14.8 Å². The van der Waals surface area contributed by atoms with Gasteiger partial charge in [-0.15, -0.1) is 0 Å². The molecule has 0 radical (unpaired) electrons. The number of ether oxygens (including phenoxy) is 2. The van der Waals surface area contributed by atoms with Gasteiger partial charge >= 0.3 is 0 Å². The van der Waals surface area contributed by atoms with Crippen LogP contribution in [0.2, 0.25) is 0 Å². The third-order valence-corrected chi connectivity index (χ3v) is 6.31. The van der Waals surface area contributed by atoms with Gasteiger partial charge in [-0.3, -0.25) is 4.79 Å². The maximum atomic E-state index is 13.1. The first-order valence-corrected chi connectivity index (χ1v) is 11.7. The number of benzene rings is 3. The van der Waals surface area contributed by atoms with Crippen LogP contribution >= 0.6 is 0 Å².